The first-order chi connectivity index (χ1) is 12.1. The smallest absolute Gasteiger partial charge is 0.255 e. The number of primary amides is 1. The van der Waals surface area contributed by atoms with E-state index >= 15 is 0 Å². The van der Waals surface area contributed by atoms with Crippen LogP contribution in [-0.4, -0.2) is 21.6 Å². The van der Waals surface area contributed by atoms with Crippen molar-refractivity contribution in [2.45, 2.75) is 13.0 Å². The van der Waals surface area contributed by atoms with E-state index in [0.29, 0.717) is 16.8 Å². The number of nitrogens with two attached hydrogens (primary N) is 1. The van der Waals surface area contributed by atoms with Gasteiger partial charge in [0.05, 0.1) is 23.1 Å². The summed E-state index contributed by atoms with van der Waals surface area (Å²) in [6.45, 7) is 1.80. The Morgan fingerprint density at radius 1 is 1.04 bits per heavy atom. The number of aromatic nitrogens is 2. The Morgan fingerprint density at radius 2 is 1.64 bits per heavy atom. The summed E-state index contributed by atoms with van der Waals surface area (Å²) in [4.78, 5) is 24.4. The molecule has 3 aromatic rings. The van der Waals surface area contributed by atoms with Crippen molar-refractivity contribution < 1.29 is 9.59 Å². The van der Waals surface area contributed by atoms with Gasteiger partial charge in [0.15, 0.2) is 0 Å². The molecule has 1 aromatic heterocycles. The number of nitrogens with zero attached hydrogens (tertiary/aromatic N) is 2. The molecule has 0 bridgehead atoms. The summed E-state index contributed by atoms with van der Waals surface area (Å²) >= 11 is 0. The highest BCUT2D eigenvalue weighted by atomic mass is 16.2. The van der Waals surface area contributed by atoms with Crippen LogP contribution in [0.25, 0.3) is 5.69 Å². The van der Waals surface area contributed by atoms with Crippen LogP contribution in [0.4, 0.5) is 0 Å². The lowest BCUT2D eigenvalue weighted by Crippen LogP contribution is -2.37. The fourth-order valence-corrected chi connectivity index (χ4v) is 2.64. The first kappa shape index (κ1) is 16.4. The Morgan fingerprint density at radius 3 is 2.24 bits per heavy atom. The molecule has 6 nitrogen and oxygen atoms in total. The normalized spacial score (nSPS) is 11.7. The molecule has 3 N–H and O–H groups in total. The van der Waals surface area contributed by atoms with Crippen molar-refractivity contribution in [2.75, 3.05) is 0 Å². The van der Waals surface area contributed by atoms with Gasteiger partial charge in [0, 0.05) is 0 Å². The molecule has 25 heavy (non-hydrogen) atoms. The summed E-state index contributed by atoms with van der Waals surface area (Å²) in [6.07, 6.45) is 1.49. The standard InChI is InChI=1S/C19H18N4O2/c1-13-16(12-21-23(13)15-10-6-3-7-11-15)19(25)22-17(18(20)24)14-8-4-2-5-9-14/h2-12,17H,1H3,(H2,20,24)(H,22,25)/t17-/m1/s1. The van der Waals surface area contributed by atoms with Gasteiger partial charge in [-0.1, -0.05) is 48.5 Å². The fraction of sp³-hybridized carbons (Fsp3) is 0.105. The molecule has 2 amide bonds. The van der Waals surface area contributed by atoms with Crippen LogP contribution >= 0.6 is 0 Å². The van der Waals surface area contributed by atoms with Crippen LogP contribution in [0.15, 0.2) is 66.9 Å². The summed E-state index contributed by atoms with van der Waals surface area (Å²) in [5, 5.41) is 6.96. The number of hydrogen-bond donors (Lipinski definition) is 2. The molecule has 1 heterocycles. The highest BCUT2D eigenvalue weighted by molar-refractivity contribution is 5.98. The zero-order chi connectivity index (χ0) is 17.8. The van der Waals surface area contributed by atoms with Crippen LogP contribution in [-0.2, 0) is 4.79 Å². The van der Waals surface area contributed by atoms with Gasteiger partial charge in [-0.15, -0.1) is 0 Å². The molecule has 0 radical (unpaired) electrons. The van der Waals surface area contributed by atoms with E-state index in [1.165, 1.54) is 6.20 Å². The number of amides is 2. The summed E-state index contributed by atoms with van der Waals surface area (Å²) < 4.78 is 1.68. The molecule has 0 saturated heterocycles. The largest absolute Gasteiger partial charge is 0.368 e. The Balaban J connectivity index is 1.86. The van der Waals surface area contributed by atoms with Crippen molar-refractivity contribution in [1.82, 2.24) is 15.1 Å². The number of hydrogen-bond acceptors (Lipinski definition) is 3. The van der Waals surface area contributed by atoms with Crippen LogP contribution in [0.3, 0.4) is 0 Å². The molecule has 3 rings (SSSR count). The van der Waals surface area contributed by atoms with Crippen molar-refractivity contribution in [3.8, 4) is 5.69 Å². The Labute approximate surface area is 145 Å². The molecule has 0 unspecified atom stereocenters. The van der Waals surface area contributed by atoms with E-state index in [0.717, 1.165) is 5.69 Å². The number of carbonyl (C=O) groups is 2. The van der Waals surface area contributed by atoms with E-state index in [-0.39, 0.29) is 0 Å². The average molecular weight is 334 g/mol. The number of rotatable bonds is 5. The molecule has 126 valence electrons. The predicted octanol–water partition coefficient (Wildman–Crippen LogP) is 2.14. The summed E-state index contributed by atoms with van der Waals surface area (Å²) in [6, 6.07) is 17.5. The second-order valence-corrected chi connectivity index (χ2v) is 5.61. The van der Waals surface area contributed by atoms with Crippen molar-refractivity contribution in [2.24, 2.45) is 5.73 Å². The second-order valence-electron chi connectivity index (χ2n) is 5.61. The highest BCUT2D eigenvalue weighted by Gasteiger charge is 2.23. The van der Waals surface area contributed by atoms with E-state index < -0.39 is 17.9 Å². The third kappa shape index (κ3) is 3.42. The third-order valence-electron chi connectivity index (χ3n) is 3.95. The van der Waals surface area contributed by atoms with E-state index in [2.05, 4.69) is 10.4 Å². The molecule has 0 saturated carbocycles. The highest BCUT2D eigenvalue weighted by Crippen LogP contribution is 2.17. The number of carbonyl (C=O) groups excluding carboxylic acids is 2. The van der Waals surface area contributed by atoms with Gasteiger partial charge in [-0.25, -0.2) is 4.68 Å². The topological polar surface area (TPSA) is 90.0 Å². The van der Waals surface area contributed by atoms with Gasteiger partial charge in [0.25, 0.3) is 5.91 Å². The summed E-state index contributed by atoms with van der Waals surface area (Å²) in [5.41, 5.74) is 8.02. The zero-order valence-corrected chi connectivity index (χ0v) is 13.7. The third-order valence-corrected chi connectivity index (χ3v) is 3.95. The second kappa shape index (κ2) is 7.00. The van der Waals surface area contributed by atoms with Crippen LogP contribution in [0.5, 0.6) is 0 Å². The van der Waals surface area contributed by atoms with Gasteiger partial charge in [-0.3, -0.25) is 9.59 Å². The fourth-order valence-electron chi connectivity index (χ4n) is 2.64. The molecule has 0 spiro atoms. The van der Waals surface area contributed by atoms with Gasteiger partial charge >= 0.3 is 0 Å². The zero-order valence-electron chi connectivity index (χ0n) is 13.7. The monoisotopic (exact) mass is 334 g/mol. The lowest BCUT2D eigenvalue weighted by molar-refractivity contribution is -0.120. The molecular weight excluding hydrogens is 316 g/mol. The molecule has 0 aliphatic carbocycles. The van der Waals surface area contributed by atoms with Gasteiger partial charge in [0.2, 0.25) is 5.91 Å². The van der Waals surface area contributed by atoms with Crippen molar-refractivity contribution in [3.63, 3.8) is 0 Å². The minimum absolute atomic E-state index is 0.394. The van der Waals surface area contributed by atoms with E-state index in [1.54, 1.807) is 35.9 Å². The molecule has 0 fully saturated rings. The van der Waals surface area contributed by atoms with Crippen LogP contribution < -0.4 is 11.1 Å². The lowest BCUT2D eigenvalue weighted by Gasteiger charge is -2.15. The maximum Gasteiger partial charge on any atom is 0.255 e. The molecule has 2 aromatic carbocycles. The maximum atomic E-state index is 12.6. The molecule has 0 aliphatic heterocycles. The van der Waals surface area contributed by atoms with Crippen LogP contribution in [0.2, 0.25) is 0 Å². The van der Waals surface area contributed by atoms with Gasteiger partial charge in [0.1, 0.15) is 6.04 Å². The molecule has 1 atom stereocenters. The quantitative estimate of drug-likeness (QED) is 0.749. The summed E-state index contributed by atoms with van der Waals surface area (Å²) in [7, 11) is 0. The SMILES string of the molecule is Cc1c(C(=O)N[C@@H](C(N)=O)c2ccccc2)cnn1-c1ccccc1. The van der Waals surface area contributed by atoms with Gasteiger partial charge in [-0.05, 0) is 24.6 Å². The van der Waals surface area contributed by atoms with E-state index in [9.17, 15) is 9.59 Å². The van der Waals surface area contributed by atoms with E-state index in [4.69, 9.17) is 5.73 Å². The molecule has 0 aliphatic rings. The average Bonchev–Trinajstić information content (AvgIpc) is 3.02. The Bertz CT molecular complexity index is 888. The van der Waals surface area contributed by atoms with Crippen molar-refractivity contribution >= 4 is 11.8 Å². The lowest BCUT2D eigenvalue weighted by atomic mass is 10.1. The number of benzene rings is 2. The van der Waals surface area contributed by atoms with Gasteiger partial charge in [-0.2, -0.15) is 5.10 Å². The minimum atomic E-state index is -0.895. The minimum Gasteiger partial charge on any atom is -0.368 e. The Hall–Kier alpha value is -3.41. The molecule has 6 heteroatoms. The number of nitrogens with one attached hydrogen (secondary N) is 1. The maximum absolute atomic E-state index is 12.6. The Kier molecular flexibility index (Phi) is 4.61. The molecular formula is C19H18N4O2. The first-order valence-electron chi connectivity index (χ1n) is 7.83. The van der Waals surface area contributed by atoms with Crippen LogP contribution in [0.1, 0.15) is 27.7 Å². The first-order valence-corrected chi connectivity index (χ1v) is 7.83. The van der Waals surface area contributed by atoms with Gasteiger partial charge < -0.3 is 11.1 Å². The van der Waals surface area contributed by atoms with Crippen LogP contribution in [0, 0.1) is 6.92 Å². The predicted molar refractivity (Wildman–Crippen MR) is 94.1 cm³/mol. The number of para-hydroxylation sites is 1. The van der Waals surface area contributed by atoms with Crippen molar-refractivity contribution in [3.05, 3.63) is 83.7 Å². The summed E-state index contributed by atoms with van der Waals surface area (Å²) in [5.74, 6) is -1.01. The van der Waals surface area contributed by atoms with Crippen molar-refractivity contribution in [1.29, 1.82) is 0 Å². The van der Waals surface area contributed by atoms with E-state index in [1.807, 2.05) is 36.4 Å².